The van der Waals surface area contributed by atoms with E-state index in [1.807, 2.05) is 0 Å². The molecular weight excluding hydrogens is 298 g/mol. The lowest BCUT2D eigenvalue weighted by molar-refractivity contribution is -0.138. The molecule has 22 heavy (non-hydrogen) atoms. The summed E-state index contributed by atoms with van der Waals surface area (Å²) in [5.74, 6) is 0.782. The maximum Gasteiger partial charge on any atom is 0.225 e. The maximum absolute atomic E-state index is 12.6. The van der Waals surface area contributed by atoms with Gasteiger partial charge in [0.2, 0.25) is 5.91 Å². The average Bonchev–Trinajstić information content (AvgIpc) is 2.94. The van der Waals surface area contributed by atoms with Gasteiger partial charge < -0.3 is 10.2 Å². The Kier molecular flexibility index (Phi) is 6.54. The molecule has 1 saturated carbocycles. The molecule has 4 nitrogen and oxygen atoms in total. The van der Waals surface area contributed by atoms with Crippen LogP contribution < -0.4 is 5.32 Å². The molecule has 0 spiro atoms. The number of carbonyl (C=O) groups excluding carboxylic acids is 1. The Morgan fingerprint density at radius 2 is 1.82 bits per heavy atom. The third kappa shape index (κ3) is 4.36. The van der Waals surface area contributed by atoms with E-state index in [4.69, 9.17) is 0 Å². The largest absolute Gasteiger partial charge is 0.340 e. The highest BCUT2D eigenvalue weighted by molar-refractivity contribution is 5.85. The fourth-order valence-electron chi connectivity index (χ4n) is 4.28. The van der Waals surface area contributed by atoms with Gasteiger partial charge in [0, 0.05) is 45.2 Å². The topological polar surface area (TPSA) is 35.6 Å². The minimum atomic E-state index is 0. The molecule has 1 N–H and O–H groups in total. The second-order valence-electron chi connectivity index (χ2n) is 7.67. The van der Waals surface area contributed by atoms with E-state index in [0.717, 1.165) is 52.1 Å². The zero-order valence-electron chi connectivity index (χ0n) is 14.0. The van der Waals surface area contributed by atoms with Crippen molar-refractivity contribution >= 4 is 18.3 Å². The first kappa shape index (κ1) is 18.0. The summed E-state index contributed by atoms with van der Waals surface area (Å²) in [5, 5.41) is 3.48. The Morgan fingerprint density at radius 1 is 1.14 bits per heavy atom. The van der Waals surface area contributed by atoms with Crippen molar-refractivity contribution in [3.63, 3.8) is 0 Å². The van der Waals surface area contributed by atoms with E-state index < -0.39 is 0 Å². The number of carbonyl (C=O) groups is 1. The van der Waals surface area contributed by atoms with E-state index >= 15 is 0 Å². The summed E-state index contributed by atoms with van der Waals surface area (Å²) in [6.07, 6.45) is 7.37. The first-order valence-corrected chi connectivity index (χ1v) is 8.88. The molecule has 3 fully saturated rings. The highest BCUT2D eigenvalue weighted by atomic mass is 35.5. The number of amides is 1. The van der Waals surface area contributed by atoms with Gasteiger partial charge in [0.1, 0.15) is 0 Å². The number of hydrogen-bond acceptors (Lipinski definition) is 3. The van der Waals surface area contributed by atoms with Crippen LogP contribution in [0.2, 0.25) is 0 Å². The van der Waals surface area contributed by atoms with E-state index in [1.54, 1.807) is 0 Å². The number of piperazine rings is 1. The zero-order chi connectivity index (χ0) is 14.7. The van der Waals surface area contributed by atoms with Crippen LogP contribution in [0.4, 0.5) is 0 Å². The summed E-state index contributed by atoms with van der Waals surface area (Å²) in [4.78, 5) is 17.3. The van der Waals surface area contributed by atoms with E-state index in [1.165, 1.54) is 32.2 Å². The van der Waals surface area contributed by atoms with Gasteiger partial charge in [0.15, 0.2) is 0 Å². The Hall–Kier alpha value is -0.320. The van der Waals surface area contributed by atoms with E-state index in [2.05, 4.69) is 22.0 Å². The normalized spacial score (nSPS) is 31.0. The Bertz CT molecular complexity index is 357. The monoisotopic (exact) mass is 329 g/mol. The van der Waals surface area contributed by atoms with Crippen molar-refractivity contribution in [3.8, 4) is 0 Å². The van der Waals surface area contributed by atoms with Crippen molar-refractivity contribution in [2.45, 2.75) is 45.4 Å². The first-order valence-electron chi connectivity index (χ1n) is 8.88. The molecule has 0 radical (unpaired) electrons. The second kappa shape index (κ2) is 7.98. The predicted octanol–water partition coefficient (Wildman–Crippen LogP) is 2.13. The standard InChI is InChI=1S/C17H31N3O.ClH/c1-17(7-8-18-13-17)14-19-9-11-20(12-10-19)16(21)15-5-3-2-4-6-15;/h15,18H,2-14H2,1H3;1H. The van der Waals surface area contributed by atoms with Crippen molar-refractivity contribution in [2.24, 2.45) is 11.3 Å². The van der Waals surface area contributed by atoms with Crippen molar-refractivity contribution in [2.75, 3.05) is 45.8 Å². The van der Waals surface area contributed by atoms with Crippen molar-refractivity contribution in [1.82, 2.24) is 15.1 Å². The molecule has 3 aliphatic rings. The van der Waals surface area contributed by atoms with Gasteiger partial charge in [-0.25, -0.2) is 0 Å². The molecule has 0 bridgehead atoms. The summed E-state index contributed by atoms with van der Waals surface area (Å²) in [7, 11) is 0. The van der Waals surface area contributed by atoms with Crippen LogP contribution in [0.5, 0.6) is 0 Å². The molecule has 1 amide bonds. The Morgan fingerprint density at radius 3 is 2.41 bits per heavy atom. The van der Waals surface area contributed by atoms with Gasteiger partial charge in [-0.05, 0) is 31.2 Å². The minimum absolute atomic E-state index is 0. The quantitative estimate of drug-likeness (QED) is 0.861. The SMILES string of the molecule is CC1(CN2CCN(C(=O)C3CCCCC3)CC2)CCNC1.Cl. The summed E-state index contributed by atoms with van der Waals surface area (Å²) in [6.45, 7) is 9.91. The summed E-state index contributed by atoms with van der Waals surface area (Å²) < 4.78 is 0. The zero-order valence-corrected chi connectivity index (χ0v) is 14.8. The van der Waals surface area contributed by atoms with Gasteiger partial charge in [-0.15, -0.1) is 12.4 Å². The molecule has 2 saturated heterocycles. The molecule has 1 atom stereocenters. The van der Waals surface area contributed by atoms with Crippen LogP contribution in [0.25, 0.3) is 0 Å². The molecule has 2 aliphatic heterocycles. The Labute approximate surface area is 141 Å². The highest BCUT2D eigenvalue weighted by Crippen LogP contribution is 2.28. The number of rotatable bonds is 3. The second-order valence-corrected chi connectivity index (χ2v) is 7.67. The molecule has 3 rings (SSSR count). The smallest absolute Gasteiger partial charge is 0.225 e. The van der Waals surface area contributed by atoms with Crippen LogP contribution >= 0.6 is 12.4 Å². The molecule has 0 aromatic rings. The fourth-order valence-corrected chi connectivity index (χ4v) is 4.28. The van der Waals surface area contributed by atoms with Crippen molar-refractivity contribution < 1.29 is 4.79 Å². The molecule has 128 valence electrons. The summed E-state index contributed by atoms with van der Waals surface area (Å²) in [5.41, 5.74) is 0.440. The van der Waals surface area contributed by atoms with Gasteiger partial charge in [-0.3, -0.25) is 9.69 Å². The fraction of sp³-hybridized carbons (Fsp3) is 0.941. The lowest BCUT2D eigenvalue weighted by Gasteiger charge is -2.40. The van der Waals surface area contributed by atoms with Crippen molar-refractivity contribution in [1.29, 1.82) is 0 Å². The van der Waals surface area contributed by atoms with Crippen LogP contribution in [0.1, 0.15) is 45.4 Å². The third-order valence-corrected chi connectivity index (χ3v) is 5.70. The average molecular weight is 330 g/mol. The van der Waals surface area contributed by atoms with Gasteiger partial charge in [0.25, 0.3) is 0 Å². The van der Waals surface area contributed by atoms with Gasteiger partial charge >= 0.3 is 0 Å². The lowest BCUT2D eigenvalue weighted by Crippen LogP contribution is -2.52. The summed E-state index contributed by atoms with van der Waals surface area (Å²) >= 11 is 0. The molecule has 1 unspecified atom stereocenters. The minimum Gasteiger partial charge on any atom is -0.340 e. The number of nitrogens with zero attached hydrogens (tertiary/aromatic N) is 2. The maximum atomic E-state index is 12.6. The number of halogens is 1. The molecule has 1 aliphatic carbocycles. The molecular formula is C17H32ClN3O. The molecule has 5 heteroatoms. The first-order chi connectivity index (χ1) is 10.2. The van der Waals surface area contributed by atoms with Gasteiger partial charge in [-0.2, -0.15) is 0 Å². The van der Waals surface area contributed by atoms with Crippen LogP contribution in [0, 0.1) is 11.3 Å². The van der Waals surface area contributed by atoms with Crippen LogP contribution in [-0.4, -0.2) is 61.5 Å². The number of nitrogens with one attached hydrogen (secondary N) is 1. The Balaban J connectivity index is 0.00000176. The predicted molar refractivity (Wildman–Crippen MR) is 92.4 cm³/mol. The van der Waals surface area contributed by atoms with Crippen molar-refractivity contribution in [3.05, 3.63) is 0 Å². The van der Waals surface area contributed by atoms with E-state index in [9.17, 15) is 4.79 Å². The van der Waals surface area contributed by atoms with Gasteiger partial charge in [-0.1, -0.05) is 26.2 Å². The summed E-state index contributed by atoms with van der Waals surface area (Å²) in [6, 6.07) is 0. The van der Waals surface area contributed by atoms with Gasteiger partial charge in [0.05, 0.1) is 0 Å². The molecule has 0 aromatic carbocycles. The molecule has 2 heterocycles. The van der Waals surface area contributed by atoms with Crippen LogP contribution in [-0.2, 0) is 4.79 Å². The molecule has 0 aromatic heterocycles. The third-order valence-electron chi connectivity index (χ3n) is 5.70. The van der Waals surface area contributed by atoms with E-state index in [0.29, 0.717) is 17.2 Å². The number of hydrogen-bond donors (Lipinski definition) is 1. The van der Waals surface area contributed by atoms with Crippen LogP contribution in [0.3, 0.4) is 0 Å². The van der Waals surface area contributed by atoms with Crippen LogP contribution in [0.15, 0.2) is 0 Å². The lowest BCUT2D eigenvalue weighted by atomic mass is 9.87. The highest BCUT2D eigenvalue weighted by Gasteiger charge is 2.33. The van der Waals surface area contributed by atoms with E-state index in [-0.39, 0.29) is 12.4 Å².